The maximum atomic E-state index is 6.03. The number of aromatic nitrogens is 2. The number of rotatable bonds is 6. The molecule has 2 aliphatic carbocycles. The van der Waals surface area contributed by atoms with E-state index in [4.69, 9.17) is 15.0 Å². The molecule has 2 fully saturated rings. The number of halogens is 1. The van der Waals surface area contributed by atoms with Gasteiger partial charge in [0.25, 0.3) is 0 Å². The number of hydrogen-bond acceptors (Lipinski definition) is 6. The largest absolute Gasteiger partial charge is 0.378 e. The van der Waals surface area contributed by atoms with Gasteiger partial charge < -0.3 is 15.0 Å². The highest BCUT2D eigenvalue weighted by molar-refractivity contribution is 5.85. The second kappa shape index (κ2) is 7.92. The van der Waals surface area contributed by atoms with Crippen LogP contribution in [0.1, 0.15) is 57.2 Å². The first-order valence-corrected chi connectivity index (χ1v) is 8.53. The molecule has 132 valence electrons. The summed E-state index contributed by atoms with van der Waals surface area (Å²) in [5.74, 6) is 1.24. The van der Waals surface area contributed by atoms with E-state index in [1.165, 1.54) is 32.1 Å². The van der Waals surface area contributed by atoms with Crippen molar-refractivity contribution in [3.8, 4) is 0 Å². The lowest BCUT2D eigenvalue weighted by atomic mass is 9.54. The van der Waals surface area contributed by atoms with E-state index in [-0.39, 0.29) is 12.4 Å². The molecule has 2 saturated carbocycles. The van der Waals surface area contributed by atoms with Gasteiger partial charge in [0.05, 0.1) is 19.2 Å². The molecule has 0 saturated heterocycles. The van der Waals surface area contributed by atoms with E-state index < -0.39 is 0 Å². The molecular weight excluding hydrogens is 316 g/mol. The normalized spacial score (nSPS) is 26.1. The average molecular weight is 345 g/mol. The maximum Gasteiger partial charge on any atom is 0.240 e. The molecule has 1 spiro atoms. The van der Waals surface area contributed by atoms with Crippen LogP contribution in [0.2, 0.25) is 0 Å². The smallest absolute Gasteiger partial charge is 0.240 e. The molecule has 1 heterocycles. The summed E-state index contributed by atoms with van der Waals surface area (Å²) in [6.45, 7) is 3.93. The van der Waals surface area contributed by atoms with Crippen LogP contribution in [0.5, 0.6) is 0 Å². The van der Waals surface area contributed by atoms with Crippen LogP contribution >= 0.6 is 12.4 Å². The first-order chi connectivity index (χ1) is 10.7. The molecule has 1 aromatic rings. The van der Waals surface area contributed by atoms with Gasteiger partial charge in [-0.25, -0.2) is 0 Å². The SMILES string of the molecule is CCOC1CC(N(C)Cc2noc(CN)n2)C12CCCCC2.Cl. The lowest BCUT2D eigenvalue weighted by molar-refractivity contribution is -0.180. The minimum absolute atomic E-state index is 0. The Morgan fingerprint density at radius 2 is 2.09 bits per heavy atom. The minimum Gasteiger partial charge on any atom is -0.378 e. The molecule has 0 radical (unpaired) electrons. The quantitative estimate of drug-likeness (QED) is 0.854. The van der Waals surface area contributed by atoms with Crippen LogP contribution in [0.25, 0.3) is 0 Å². The van der Waals surface area contributed by atoms with E-state index in [1.807, 2.05) is 0 Å². The Hall–Kier alpha value is -0.690. The van der Waals surface area contributed by atoms with Crippen molar-refractivity contribution in [1.82, 2.24) is 15.0 Å². The van der Waals surface area contributed by atoms with E-state index in [0.29, 0.717) is 30.0 Å². The van der Waals surface area contributed by atoms with Gasteiger partial charge in [-0.2, -0.15) is 4.98 Å². The lowest BCUT2D eigenvalue weighted by Gasteiger charge is -2.60. The molecule has 0 bridgehead atoms. The van der Waals surface area contributed by atoms with Crippen LogP contribution < -0.4 is 5.73 Å². The van der Waals surface area contributed by atoms with Crippen LogP contribution in [0.15, 0.2) is 4.52 Å². The third-order valence-corrected chi connectivity index (χ3v) is 5.50. The first kappa shape index (κ1) is 18.6. The molecule has 2 N–H and O–H groups in total. The van der Waals surface area contributed by atoms with Gasteiger partial charge >= 0.3 is 0 Å². The van der Waals surface area contributed by atoms with Gasteiger partial charge in [-0.1, -0.05) is 24.4 Å². The van der Waals surface area contributed by atoms with Crippen LogP contribution in [0.4, 0.5) is 0 Å². The van der Waals surface area contributed by atoms with Crippen molar-refractivity contribution in [3.63, 3.8) is 0 Å². The molecule has 0 amide bonds. The molecule has 0 aliphatic heterocycles. The summed E-state index contributed by atoms with van der Waals surface area (Å²) >= 11 is 0. The minimum atomic E-state index is 0. The molecule has 3 rings (SSSR count). The summed E-state index contributed by atoms with van der Waals surface area (Å²) in [6, 6.07) is 0.559. The van der Waals surface area contributed by atoms with Gasteiger partial charge in [-0.15, -0.1) is 12.4 Å². The first-order valence-electron chi connectivity index (χ1n) is 8.53. The fourth-order valence-electron chi connectivity index (χ4n) is 4.42. The van der Waals surface area contributed by atoms with Crippen molar-refractivity contribution in [1.29, 1.82) is 0 Å². The van der Waals surface area contributed by atoms with E-state index in [1.54, 1.807) is 0 Å². The zero-order chi connectivity index (χ0) is 15.6. The fourth-order valence-corrected chi connectivity index (χ4v) is 4.42. The van der Waals surface area contributed by atoms with Gasteiger partial charge in [-0.3, -0.25) is 4.90 Å². The Balaban J connectivity index is 0.00000192. The van der Waals surface area contributed by atoms with Crippen LogP contribution in [-0.4, -0.2) is 40.8 Å². The Morgan fingerprint density at radius 1 is 1.35 bits per heavy atom. The highest BCUT2D eigenvalue weighted by atomic mass is 35.5. The molecular formula is C16H29ClN4O2. The van der Waals surface area contributed by atoms with Crippen molar-refractivity contribution >= 4 is 12.4 Å². The summed E-state index contributed by atoms with van der Waals surface area (Å²) in [6.07, 6.45) is 8.13. The summed E-state index contributed by atoms with van der Waals surface area (Å²) in [5, 5.41) is 4.02. The number of hydrogen-bond donors (Lipinski definition) is 1. The van der Waals surface area contributed by atoms with E-state index >= 15 is 0 Å². The molecule has 2 aliphatic rings. The van der Waals surface area contributed by atoms with Crippen molar-refractivity contribution in [2.45, 2.75) is 70.7 Å². The van der Waals surface area contributed by atoms with Gasteiger partial charge in [0, 0.05) is 18.1 Å². The van der Waals surface area contributed by atoms with Crippen LogP contribution in [-0.2, 0) is 17.8 Å². The van der Waals surface area contributed by atoms with Gasteiger partial charge in [0.1, 0.15) is 0 Å². The van der Waals surface area contributed by atoms with Crippen molar-refractivity contribution in [2.75, 3.05) is 13.7 Å². The third kappa shape index (κ3) is 3.55. The summed E-state index contributed by atoms with van der Waals surface area (Å²) < 4.78 is 11.1. The standard InChI is InChI=1S/C16H28N4O2.ClH/c1-3-21-13-9-12(16(13)7-5-4-6-8-16)20(2)11-14-18-15(10-17)22-19-14;/h12-13H,3-11,17H2,1-2H3;1H. The Morgan fingerprint density at radius 3 is 2.70 bits per heavy atom. The second-order valence-electron chi connectivity index (χ2n) is 6.71. The van der Waals surface area contributed by atoms with Crippen molar-refractivity contribution < 1.29 is 9.26 Å². The zero-order valence-electron chi connectivity index (χ0n) is 14.2. The Bertz CT molecular complexity index is 490. The number of nitrogens with zero attached hydrogens (tertiary/aromatic N) is 3. The Labute approximate surface area is 144 Å². The van der Waals surface area contributed by atoms with E-state index in [2.05, 4.69) is 29.0 Å². The number of ether oxygens (including phenoxy) is 1. The monoisotopic (exact) mass is 344 g/mol. The molecule has 2 atom stereocenters. The third-order valence-electron chi connectivity index (χ3n) is 5.50. The zero-order valence-corrected chi connectivity index (χ0v) is 15.0. The predicted octanol–water partition coefficient (Wildman–Crippen LogP) is 2.51. The van der Waals surface area contributed by atoms with Crippen molar-refractivity contribution in [3.05, 3.63) is 11.7 Å². The molecule has 1 aromatic heterocycles. The summed E-state index contributed by atoms with van der Waals surface area (Å²) in [7, 11) is 2.17. The molecule has 6 nitrogen and oxygen atoms in total. The lowest BCUT2D eigenvalue weighted by Crippen LogP contribution is -2.64. The predicted molar refractivity (Wildman–Crippen MR) is 90.2 cm³/mol. The van der Waals surface area contributed by atoms with E-state index in [9.17, 15) is 0 Å². The van der Waals surface area contributed by atoms with Gasteiger partial charge in [0.2, 0.25) is 5.89 Å². The van der Waals surface area contributed by atoms with Gasteiger partial charge in [-0.05, 0) is 33.2 Å². The molecule has 0 aromatic carbocycles. The fraction of sp³-hybridized carbons (Fsp3) is 0.875. The van der Waals surface area contributed by atoms with E-state index in [0.717, 1.165) is 25.4 Å². The molecule has 23 heavy (non-hydrogen) atoms. The molecule has 7 heteroatoms. The molecule has 2 unspecified atom stereocenters. The van der Waals surface area contributed by atoms with Crippen LogP contribution in [0.3, 0.4) is 0 Å². The Kier molecular flexibility index (Phi) is 6.42. The average Bonchev–Trinajstić information content (AvgIpc) is 2.99. The summed E-state index contributed by atoms with van der Waals surface area (Å²) in [4.78, 5) is 6.70. The highest BCUT2D eigenvalue weighted by Gasteiger charge is 2.56. The highest BCUT2D eigenvalue weighted by Crippen LogP contribution is 2.55. The second-order valence-corrected chi connectivity index (χ2v) is 6.71. The maximum absolute atomic E-state index is 6.03. The van der Waals surface area contributed by atoms with Gasteiger partial charge in [0.15, 0.2) is 5.82 Å². The van der Waals surface area contributed by atoms with Crippen LogP contribution in [0, 0.1) is 5.41 Å². The topological polar surface area (TPSA) is 77.4 Å². The number of nitrogens with two attached hydrogens (primary N) is 1. The summed E-state index contributed by atoms with van der Waals surface area (Å²) in [5.41, 5.74) is 5.86. The van der Waals surface area contributed by atoms with Crippen molar-refractivity contribution in [2.24, 2.45) is 11.1 Å².